The molecule has 27 heavy (non-hydrogen) atoms. The number of fused-ring (bicyclic) bond motifs is 1. The predicted molar refractivity (Wildman–Crippen MR) is 95.1 cm³/mol. The van der Waals surface area contributed by atoms with Gasteiger partial charge in [0, 0.05) is 17.3 Å². The van der Waals surface area contributed by atoms with E-state index >= 15 is 0 Å². The molecule has 1 aromatic heterocycles. The van der Waals surface area contributed by atoms with E-state index in [0.717, 1.165) is 6.08 Å². The fourth-order valence-electron chi connectivity index (χ4n) is 2.34. The highest BCUT2D eigenvalue weighted by molar-refractivity contribution is 5.99. The highest BCUT2D eigenvalue weighted by Gasteiger charge is 2.14. The second-order valence-electron chi connectivity index (χ2n) is 5.41. The number of anilines is 1. The Morgan fingerprint density at radius 2 is 1.96 bits per heavy atom. The Hall–Kier alpha value is -3.68. The maximum Gasteiger partial charge on any atom is 0.354 e. The van der Waals surface area contributed by atoms with Crippen molar-refractivity contribution in [3.05, 3.63) is 60.1 Å². The monoisotopic (exact) mass is 370 g/mol. The number of aromatic nitrogens is 1. The quantitative estimate of drug-likeness (QED) is 0.544. The van der Waals surface area contributed by atoms with Crippen molar-refractivity contribution in [1.29, 1.82) is 0 Å². The number of methoxy groups -OCH3 is 2. The number of ether oxygens (including phenoxy) is 2. The van der Waals surface area contributed by atoms with Crippen molar-refractivity contribution in [3.8, 4) is 11.5 Å². The van der Waals surface area contributed by atoms with Crippen LogP contribution in [0.1, 0.15) is 0 Å². The molecular weight excluding hydrogens is 355 g/mol. The molecule has 3 rings (SSSR count). The van der Waals surface area contributed by atoms with Gasteiger partial charge in [0.2, 0.25) is 5.89 Å². The maximum absolute atomic E-state index is 13.4. The summed E-state index contributed by atoms with van der Waals surface area (Å²) in [6, 6.07) is 10.8. The van der Waals surface area contributed by atoms with Gasteiger partial charge in [-0.2, -0.15) is 0 Å². The summed E-state index contributed by atoms with van der Waals surface area (Å²) >= 11 is 0. The standard InChI is InChI=1S/C19H15FN2O5/c1-25-17(23)10-15(19(24)26-2)21-13-6-7-14-16(9-13)27-18(22-14)11-4-3-5-12(20)8-11/h3-10,21H,1-2H3/b15-10+. The van der Waals surface area contributed by atoms with Crippen molar-refractivity contribution in [2.75, 3.05) is 19.5 Å². The fraction of sp³-hybridized carbons (Fsp3) is 0.105. The largest absolute Gasteiger partial charge is 0.466 e. The first-order valence-corrected chi connectivity index (χ1v) is 7.81. The number of rotatable bonds is 5. The summed E-state index contributed by atoms with van der Waals surface area (Å²) < 4.78 is 28.2. The van der Waals surface area contributed by atoms with Crippen LogP contribution in [0.5, 0.6) is 0 Å². The number of carbonyl (C=O) groups is 2. The van der Waals surface area contributed by atoms with Crippen LogP contribution >= 0.6 is 0 Å². The van der Waals surface area contributed by atoms with Crippen molar-refractivity contribution < 1.29 is 27.9 Å². The Morgan fingerprint density at radius 3 is 2.67 bits per heavy atom. The second kappa shape index (κ2) is 7.69. The molecule has 0 aliphatic heterocycles. The summed E-state index contributed by atoms with van der Waals surface area (Å²) in [5.41, 5.74) is 1.83. The van der Waals surface area contributed by atoms with Gasteiger partial charge in [-0.3, -0.25) is 0 Å². The van der Waals surface area contributed by atoms with Crippen LogP contribution in [0.15, 0.2) is 58.7 Å². The number of benzene rings is 2. The average Bonchev–Trinajstić information content (AvgIpc) is 3.10. The van der Waals surface area contributed by atoms with Crippen LogP contribution in [-0.2, 0) is 19.1 Å². The Labute approximate surface area is 153 Å². The minimum absolute atomic E-state index is 0.103. The topological polar surface area (TPSA) is 90.7 Å². The van der Waals surface area contributed by atoms with E-state index in [1.807, 2.05) is 0 Å². The van der Waals surface area contributed by atoms with Gasteiger partial charge in [0.15, 0.2) is 5.58 Å². The highest BCUT2D eigenvalue weighted by Crippen LogP contribution is 2.27. The fourth-order valence-corrected chi connectivity index (χ4v) is 2.34. The van der Waals surface area contributed by atoms with E-state index in [4.69, 9.17) is 4.42 Å². The van der Waals surface area contributed by atoms with Crippen molar-refractivity contribution in [2.45, 2.75) is 0 Å². The molecule has 0 unspecified atom stereocenters. The van der Waals surface area contributed by atoms with Gasteiger partial charge in [0.05, 0.1) is 20.3 Å². The molecule has 0 fully saturated rings. The predicted octanol–water partition coefficient (Wildman–Crippen LogP) is 3.28. The lowest BCUT2D eigenvalue weighted by molar-refractivity contribution is -0.138. The molecule has 0 atom stereocenters. The SMILES string of the molecule is COC(=O)/C=C(/Nc1ccc2nc(-c3cccc(F)c3)oc2c1)C(=O)OC. The molecule has 2 aromatic carbocycles. The van der Waals surface area contributed by atoms with Gasteiger partial charge >= 0.3 is 11.9 Å². The molecule has 0 amide bonds. The summed E-state index contributed by atoms with van der Waals surface area (Å²) in [5, 5.41) is 2.78. The molecule has 0 saturated carbocycles. The van der Waals surface area contributed by atoms with Crippen molar-refractivity contribution in [3.63, 3.8) is 0 Å². The van der Waals surface area contributed by atoms with Crippen LogP contribution in [0, 0.1) is 5.82 Å². The molecule has 8 heteroatoms. The molecule has 0 aliphatic rings. The third-order valence-electron chi connectivity index (χ3n) is 3.61. The second-order valence-corrected chi connectivity index (χ2v) is 5.41. The number of esters is 2. The molecule has 7 nitrogen and oxygen atoms in total. The molecule has 0 spiro atoms. The van der Waals surface area contributed by atoms with Gasteiger partial charge in [-0.1, -0.05) is 6.07 Å². The Morgan fingerprint density at radius 1 is 1.15 bits per heavy atom. The molecule has 1 heterocycles. The summed E-state index contributed by atoms with van der Waals surface area (Å²) in [4.78, 5) is 27.6. The van der Waals surface area contributed by atoms with Crippen molar-refractivity contribution >= 4 is 28.7 Å². The Bertz CT molecular complexity index is 1040. The van der Waals surface area contributed by atoms with E-state index in [9.17, 15) is 14.0 Å². The van der Waals surface area contributed by atoms with Gasteiger partial charge in [-0.05, 0) is 30.3 Å². The number of hydrogen-bond donors (Lipinski definition) is 1. The zero-order valence-corrected chi connectivity index (χ0v) is 14.5. The van der Waals surface area contributed by atoms with Crippen LogP contribution in [-0.4, -0.2) is 31.1 Å². The van der Waals surface area contributed by atoms with E-state index in [1.54, 1.807) is 30.3 Å². The minimum Gasteiger partial charge on any atom is -0.466 e. The van der Waals surface area contributed by atoms with Gasteiger partial charge in [0.25, 0.3) is 0 Å². The zero-order chi connectivity index (χ0) is 19.4. The molecular formula is C19H15FN2O5. The summed E-state index contributed by atoms with van der Waals surface area (Å²) in [7, 11) is 2.39. The van der Waals surface area contributed by atoms with Gasteiger partial charge in [-0.15, -0.1) is 0 Å². The minimum atomic E-state index is -0.737. The average molecular weight is 370 g/mol. The van der Waals surface area contributed by atoms with Crippen LogP contribution in [0.2, 0.25) is 0 Å². The first kappa shape index (κ1) is 18.1. The Balaban J connectivity index is 1.93. The molecule has 0 radical (unpaired) electrons. The third-order valence-corrected chi connectivity index (χ3v) is 3.61. The third kappa shape index (κ3) is 4.12. The number of nitrogens with one attached hydrogen (secondary N) is 1. The lowest BCUT2D eigenvalue weighted by atomic mass is 10.2. The first-order valence-electron chi connectivity index (χ1n) is 7.81. The summed E-state index contributed by atoms with van der Waals surface area (Å²) in [6.45, 7) is 0. The summed E-state index contributed by atoms with van der Waals surface area (Å²) in [5.74, 6) is -1.58. The zero-order valence-electron chi connectivity index (χ0n) is 14.5. The van der Waals surface area contributed by atoms with Crippen LogP contribution in [0.4, 0.5) is 10.1 Å². The molecule has 0 bridgehead atoms. The van der Waals surface area contributed by atoms with E-state index in [2.05, 4.69) is 19.8 Å². The number of oxazole rings is 1. The highest BCUT2D eigenvalue weighted by atomic mass is 19.1. The number of nitrogens with zero attached hydrogens (tertiary/aromatic N) is 1. The number of carbonyl (C=O) groups excluding carboxylic acids is 2. The number of halogens is 1. The molecule has 1 N–H and O–H groups in total. The molecule has 3 aromatic rings. The lowest BCUT2D eigenvalue weighted by Crippen LogP contribution is -2.15. The lowest BCUT2D eigenvalue weighted by Gasteiger charge is -2.08. The van der Waals surface area contributed by atoms with E-state index < -0.39 is 17.8 Å². The normalized spacial score (nSPS) is 11.3. The van der Waals surface area contributed by atoms with Gasteiger partial charge in [0.1, 0.15) is 17.0 Å². The first-order chi connectivity index (χ1) is 13.0. The van der Waals surface area contributed by atoms with E-state index in [0.29, 0.717) is 22.4 Å². The number of hydrogen-bond acceptors (Lipinski definition) is 7. The van der Waals surface area contributed by atoms with Crippen LogP contribution in [0.25, 0.3) is 22.6 Å². The van der Waals surface area contributed by atoms with Crippen LogP contribution in [0.3, 0.4) is 0 Å². The van der Waals surface area contributed by atoms with E-state index in [-0.39, 0.29) is 11.6 Å². The van der Waals surface area contributed by atoms with Gasteiger partial charge < -0.3 is 19.2 Å². The smallest absolute Gasteiger partial charge is 0.354 e. The van der Waals surface area contributed by atoms with Gasteiger partial charge in [-0.25, -0.2) is 19.0 Å². The van der Waals surface area contributed by atoms with Crippen molar-refractivity contribution in [2.24, 2.45) is 0 Å². The van der Waals surface area contributed by atoms with Crippen molar-refractivity contribution in [1.82, 2.24) is 4.98 Å². The summed E-state index contributed by atoms with van der Waals surface area (Å²) in [6.07, 6.45) is 0.981. The van der Waals surface area contributed by atoms with Crippen LogP contribution < -0.4 is 5.32 Å². The molecule has 138 valence electrons. The van der Waals surface area contributed by atoms with E-state index in [1.165, 1.54) is 26.4 Å². The molecule has 0 aliphatic carbocycles. The Kier molecular flexibility index (Phi) is 5.16. The molecule has 0 saturated heterocycles. The maximum atomic E-state index is 13.4.